The molecule has 0 aromatic heterocycles. The Morgan fingerprint density at radius 1 is 1.38 bits per heavy atom. The summed E-state index contributed by atoms with van der Waals surface area (Å²) in [7, 11) is 0. The first-order valence-corrected chi connectivity index (χ1v) is 6.29. The van der Waals surface area contributed by atoms with Gasteiger partial charge in [-0.05, 0) is 37.5 Å². The van der Waals surface area contributed by atoms with Crippen LogP contribution < -0.4 is 5.32 Å². The molecule has 0 bridgehead atoms. The van der Waals surface area contributed by atoms with Gasteiger partial charge in [0.15, 0.2) is 5.11 Å². The first-order valence-electron chi connectivity index (χ1n) is 5.89. The van der Waals surface area contributed by atoms with Crippen LogP contribution in [0.3, 0.4) is 0 Å². The Morgan fingerprint density at radius 2 is 2.06 bits per heavy atom. The molecular weight excluding hydrogens is 216 g/mol. The zero-order valence-electron chi connectivity index (χ0n) is 9.65. The minimum Gasteiger partial charge on any atom is -0.360 e. The van der Waals surface area contributed by atoms with Gasteiger partial charge in [0, 0.05) is 19.1 Å². The molecule has 16 heavy (non-hydrogen) atoms. The predicted octanol–water partition coefficient (Wildman–Crippen LogP) is 2.55. The van der Waals surface area contributed by atoms with Crippen LogP contribution in [0.1, 0.15) is 25.3 Å². The van der Waals surface area contributed by atoms with E-state index >= 15 is 0 Å². The summed E-state index contributed by atoms with van der Waals surface area (Å²) in [5.41, 5.74) is 1.31. The summed E-state index contributed by atoms with van der Waals surface area (Å²) in [5.74, 6) is 0. The molecule has 1 aromatic carbocycles. The van der Waals surface area contributed by atoms with Gasteiger partial charge in [0.05, 0.1) is 0 Å². The highest BCUT2D eigenvalue weighted by molar-refractivity contribution is 7.80. The van der Waals surface area contributed by atoms with Crippen LogP contribution in [0.4, 0.5) is 0 Å². The molecule has 0 atom stereocenters. The first-order chi connectivity index (χ1) is 7.79. The van der Waals surface area contributed by atoms with E-state index in [-0.39, 0.29) is 0 Å². The SMILES string of the molecule is CCN(Cc1ccccc1)C(=S)NC1CC1. The van der Waals surface area contributed by atoms with Crippen molar-refractivity contribution in [2.24, 2.45) is 0 Å². The van der Waals surface area contributed by atoms with Crippen molar-refractivity contribution in [2.75, 3.05) is 6.54 Å². The summed E-state index contributed by atoms with van der Waals surface area (Å²) in [4.78, 5) is 2.21. The molecule has 0 aliphatic heterocycles. The third kappa shape index (κ3) is 3.20. The number of benzene rings is 1. The largest absolute Gasteiger partial charge is 0.360 e. The van der Waals surface area contributed by atoms with Crippen LogP contribution in [0, 0.1) is 0 Å². The van der Waals surface area contributed by atoms with Gasteiger partial charge in [0.1, 0.15) is 0 Å². The molecule has 0 unspecified atom stereocenters. The van der Waals surface area contributed by atoms with E-state index in [1.807, 2.05) is 6.07 Å². The second kappa shape index (κ2) is 5.30. The highest BCUT2D eigenvalue weighted by atomic mass is 32.1. The Hall–Kier alpha value is -1.09. The topological polar surface area (TPSA) is 15.3 Å². The van der Waals surface area contributed by atoms with Gasteiger partial charge in [-0.15, -0.1) is 0 Å². The molecule has 0 amide bonds. The summed E-state index contributed by atoms with van der Waals surface area (Å²) in [6.07, 6.45) is 2.53. The molecule has 2 rings (SSSR count). The second-order valence-corrected chi connectivity index (χ2v) is 4.61. The Morgan fingerprint density at radius 3 is 2.62 bits per heavy atom. The summed E-state index contributed by atoms with van der Waals surface area (Å²) >= 11 is 5.40. The van der Waals surface area contributed by atoms with Gasteiger partial charge >= 0.3 is 0 Å². The van der Waals surface area contributed by atoms with Crippen molar-refractivity contribution in [1.29, 1.82) is 0 Å². The smallest absolute Gasteiger partial charge is 0.169 e. The van der Waals surface area contributed by atoms with Gasteiger partial charge in [-0.2, -0.15) is 0 Å². The molecule has 1 aliphatic rings. The maximum atomic E-state index is 5.40. The maximum absolute atomic E-state index is 5.40. The third-order valence-corrected chi connectivity index (χ3v) is 3.17. The van der Waals surface area contributed by atoms with Crippen LogP contribution >= 0.6 is 12.2 Å². The number of nitrogens with one attached hydrogen (secondary N) is 1. The average molecular weight is 234 g/mol. The van der Waals surface area contributed by atoms with Crippen LogP contribution in [0.2, 0.25) is 0 Å². The molecule has 0 spiro atoms. The summed E-state index contributed by atoms with van der Waals surface area (Å²) in [6, 6.07) is 11.1. The number of rotatable bonds is 4. The maximum Gasteiger partial charge on any atom is 0.169 e. The molecule has 1 fully saturated rings. The predicted molar refractivity (Wildman–Crippen MR) is 71.3 cm³/mol. The number of hydrogen-bond acceptors (Lipinski definition) is 1. The van der Waals surface area contributed by atoms with E-state index < -0.39 is 0 Å². The Kier molecular flexibility index (Phi) is 3.78. The fraction of sp³-hybridized carbons (Fsp3) is 0.462. The molecule has 0 heterocycles. The second-order valence-electron chi connectivity index (χ2n) is 4.22. The molecule has 2 nitrogen and oxygen atoms in total. The van der Waals surface area contributed by atoms with Crippen molar-refractivity contribution in [3.8, 4) is 0 Å². The van der Waals surface area contributed by atoms with Crippen molar-refractivity contribution < 1.29 is 0 Å². The fourth-order valence-electron chi connectivity index (χ4n) is 1.62. The Balaban J connectivity index is 1.91. The van der Waals surface area contributed by atoms with Crippen molar-refractivity contribution in [3.63, 3.8) is 0 Å². The Labute approximate surface area is 103 Å². The number of nitrogens with zero attached hydrogens (tertiary/aromatic N) is 1. The highest BCUT2D eigenvalue weighted by Gasteiger charge is 2.23. The van der Waals surface area contributed by atoms with E-state index in [2.05, 4.69) is 41.4 Å². The van der Waals surface area contributed by atoms with E-state index in [0.29, 0.717) is 6.04 Å². The summed E-state index contributed by atoms with van der Waals surface area (Å²) in [6.45, 7) is 3.99. The quantitative estimate of drug-likeness (QED) is 0.806. The number of hydrogen-bond donors (Lipinski definition) is 1. The summed E-state index contributed by atoms with van der Waals surface area (Å²) in [5, 5.41) is 4.28. The molecule has 0 saturated heterocycles. The summed E-state index contributed by atoms with van der Waals surface area (Å²) < 4.78 is 0. The van der Waals surface area contributed by atoms with Gasteiger partial charge in [0.25, 0.3) is 0 Å². The van der Waals surface area contributed by atoms with Gasteiger partial charge in [0.2, 0.25) is 0 Å². The van der Waals surface area contributed by atoms with Crippen molar-refractivity contribution in [3.05, 3.63) is 35.9 Å². The standard InChI is InChI=1S/C13H18N2S/c1-2-15(13(16)14-12-8-9-12)10-11-6-4-3-5-7-11/h3-7,12H,2,8-10H2,1H3,(H,14,16). The van der Waals surface area contributed by atoms with Crippen LogP contribution in [-0.4, -0.2) is 22.6 Å². The molecular formula is C13H18N2S. The lowest BCUT2D eigenvalue weighted by Gasteiger charge is -2.24. The zero-order chi connectivity index (χ0) is 11.4. The van der Waals surface area contributed by atoms with Crippen LogP contribution in [0.15, 0.2) is 30.3 Å². The van der Waals surface area contributed by atoms with Crippen LogP contribution in [-0.2, 0) is 6.54 Å². The van der Waals surface area contributed by atoms with E-state index in [1.165, 1.54) is 18.4 Å². The van der Waals surface area contributed by atoms with E-state index in [4.69, 9.17) is 12.2 Å². The molecule has 1 aliphatic carbocycles. The lowest BCUT2D eigenvalue weighted by molar-refractivity contribution is 0.426. The van der Waals surface area contributed by atoms with Gasteiger partial charge in [-0.25, -0.2) is 0 Å². The first kappa shape index (κ1) is 11.4. The minimum absolute atomic E-state index is 0.636. The molecule has 1 N–H and O–H groups in total. The van der Waals surface area contributed by atoms with E-state index in [9.17, 15) is 0 Å². The van der Waals surface area contributed by atoms with E-state index in [0.717, 1.165) is 18.2 Å². The molecule has 3 heteroatoms. The molecule has 0 radical (unpaired) electrons. The zero-order valence-corrected chi connectivity index (χ0v) is 10.5. The molecule has 86 valence electrons. The van der Waals surface area contributed by atoms with Crippen molar-refractivity contribution >= 4 is 17.3 Å². The van der Waals surface area contributed by atoms with Crippen molar-refractivity contribution in [2.45, 2.75) is 32.4 Å². The van der Waals surface area contributed by atoms with E-state index in [1.54, 1.807) is 0 Å². The molecule has 1 aromatic rings. The van der Waals surface area contributed by atoms with Crippen LogP contribution in [0.25, 0.3) is 0 Å². The Bertz CT molecular complexity index is 346. The van der Waals surface area contributed by atoms with Gasteiger partial charge < -0.3 is 10.2 Å². The third-order valence-electron chi connectivity index (χ3n) is 2.79. The van der Waals surface area contributed by atoms with Crippen molar-refractivity contribution in [1.82, 2.24) is 10.2 Å². The normalized spacial score (nSPS) is 14.6. The van der Waals surface area contributed by atoms with Gasteiger partial charge in [-0.1, -0.05) is 30.3 Å². The highest BCUT2D eigenvalue weighted by Crippen LogP contribution is 2.19. The fourth-order valence-corrected chi connectivity index (χ4v) is 1.98. The van der Waals surface area contributed by atoms with Crippen LogP contribution in [0.5, 0.6) is 0 Å². The minimum atomic E-state index is 0.636. The average Bonchev–Trinajstić information content (AvgIpc) is 3.11. The lowest BCUT2D eigenvalue weighted by atomic mass is 10.2. The monoisotopic (exact) mass is 234 g/mol. The van der Waals surface area contributed by atoms with Gasteiger partial charge in [-0.3, -0.25) is 0 Å². The molecule has 1 saturated carbocycles. The number of thiocarbonyl (C=S) groups is 1. The lowest BCUT2D eigenvalue weighted by Crippen LogP contribution is -2.40.